The van der Waals surface area contributed by atoms with Gasteiger partial charge >= 0.3 is 0 Å². The van der Waals surface area contributed by atoms with E-state index in [1.807, 2.05) is 7.05 Å². The van der Waals surface area contributed by atoms with Crippen molar-refractivity contribution in [3.05, 3.63) is 32.6 Å². The molecule has 0 aromatic carbocycles. The van der Waals surface area contributed by atoms with Crippen molar-refractivity contribution < 1.29 is 4.74 Å². The van der Waals surface area contributed by atoms with Gasteiger partial charge in [0.1, 0.15) is 5.76 Å². The summed E-state index contributed by atoms with van der Waals surface area (Å²) in [5.74, 6) is 1.07. The van der Waals surface area contributed by atoms with E-state index in [1.54, 1.807) is 11.3 Å². The highest BCUT2D eigenvalue weighted by Crippen LogP contribution is 2.32. The fraction of sp³-hybridized carbons (Fsp3) is 0.455. The zero-order valence-corrected chi connectivity index (χ0v) is 11.0. The van der Waals surface area contributed by atoms with Crippen LogP contribution in [0.4, 0.5) is 0 Å². The molecule has 1 aromatic rings. The molecule has 0 saturated carbocycles. The molecule has 0 radical (unpaired) electrons. The first kappa shape index (κ1) is 11.2. The Morgan fingerprint density at radius 2 is 2.40 bits per heavy atom. The number of allylic oxidation sites excluding steroid dienone is 1. The highest BCUT2D eigenvalue weighted by Gasteiger charge is 2.19. The van der Waals surface area contributed by atoms with Gasteiger partial charge < -0.3 is 10.1 Å². The van der Waals surface area contributed by atoms with Gasteiger partial charge in [0.15, 0.2) is 0 Å². The lowest BCUT2D eigenvalue weighted by atomic mass is 10.1. The second kappa shape index (κ2) is 5.14. The van der Waals surface area contributed by atoms with E-state index in [0.29, 0.717) is 0 Å². The third-order valence-corrected chi connectivity index (χ3v) is 4.10. The average molecular weight is 288 g/mol. The predicted molar refractivity (Wildman–Crippen MR) is 67.1 cm³/mol. The van der Waals surface area contributed by atoms with E-state index in [4.69, 9.17) is 4.74 Å². The second-order valence-corrected chi connectivity index (χ2v) is 5.96. The molecule has 0 fully saturated rings. The van der Waals surface area contributed by atoms with Gasteiger partial charge in [0.2, 0.25) is 0 Å². The average Bonchev–Trinajstić information content (AvgIpc) is 2.68. The Morgan fingerprint density at radius 1 is 1.53 bits per heavy atom. The first-order chi connectivity index (χ1) is 7.31. The van der Waals surface area contributed by atoms with Gasteiger partial charge in [0.05, 0.1) is 16.4 Å². The normalized spacial score (nSPS) is 18.1. The molecule has 1 aliphatic heterocycles. The Morgan fingerprint density at radius 3 is 2.93 bits per heavy atom. The van der Waals surface area contributed by atoms with Gasteiger partial charge in [-0.05, 0) is 54.0 Å². The second-order valence-electron chi connectivity index (χ2n) is 3.46. The molecular weight excluding hydrogens is 274 g/mol. The topological polar surface area (TPSA) is 21.3 Å². The third kappa shape index (κ3) is 2.62. The van der Waals surface area contributed by atoms with Crippen LogP contribution < -0.4 is 5.32 Å². The molecule has 1 aromatic heterocycles. The fourth-order valence-electron chi connectivity index (χ4n) is 1.69. The van der Waals surface area contributed by atoms with E-state index in [-0.39, 0.29) is 6.04 Å². The molecule has 0 saturated heterocycles. The van der Waals surface area contributed by atoms with Crippen LogP contribution in [0.2, 0.25) is 0 Å². The van der Waals surface area contributed by atoms with Crippen LogP contribution in [0.3, 0.4) is 0 Å². The summed E-state index contributed by atoms with van der Waals surface area (Å²) in [6, 6.07) is 4.42. The number of halogens is 1. The molecule has 2 nitrogen and oxygen atoms in total. The van der Waals surface area contributed by atoms with Crippen molar-refractivity contribution in [3.63, 3.8) is 0 Å². The maximum atomic E-state index is 5.68. The number of ether oxygens (including phenoxy) is 1. The van der Waals surface area contributed by atoms with Gasteiger partial charge in [-0.3, -0.25) is 0 Å². The summed E-state index contributed by atoms with van der Waals surface area (Å²) in [5.41, 5.74) is 0. The molecule has 0 aliphatic carbocycles. The van der Waals surface area contributed by atoms with Crippen molar-refractivity contribution in [1.29, 1.82) is 0 Å². The summed E-state index contributed by atoms with van der Waals surface area (Å²) in [5, 5.41) is 3.30. The van der Waals surface area contributed by atoms with Gasteiger partial charge in [-0.2, -0.15) is 0 Å². The molecule has 2 rings (SSSR count). The summed E-state index contributed by atoms with van der Waals surface area (Å²) in [7, 11) is 1.97. The van der Waals surface area contributed by atoms with Crippen LogP contribution in [-0.2, 0) is 4.74 Å². The minimum atomic E-state index is 0.210. The third-order valence-electron chi connectivity index (χ3n) is 2.41. The molecule has 1 N–H and O–H groups in total. The van der Waals surface area contributed by atoms with E-state index in [1.165, 1.54) is 4.88 Å². The Labute approximate surface area is 102 Å². The Kier molecular flexibility index (Phi) is 3.83. The lowest BCUT2D eigenvalue weighted by molar-refractivity contribution is 0.170. The summed E-state index contributed by atoms with van der Waals surface area (Å²) in [4.78, 5) is 1.29. The molecule has 1 aliphatic rings. The maximum absolute atomic E-state index is 5.68. The Bertz CT molecular complexity index is 361. The highest BCUT2D eigenvalue weighted by molar-refractivity contribution is 9.11. The van der Waals surface area contributed by atoms with Gasteiger partial charge in [0, 0.05) is 4.88 Å². The summed E-state index contributed by atoms with van der Waals surface area (Å²) in [6.07, 6.45) is 4.45. The molecule has 0 amide bonds. The van der Waals surface area contributed by atoms with Gasteiger partial charge in [0.25, 0.3) is 0 Å². The smallest absolute Gasteiger partial charge is 0.114 e. The summed E-state index contributed by atoms with van der Waals surface area (Å²) in [6.45, 7) is 0.844. The zero-order chi connectivity index (χ0) is 10.7. The van der Waals surface area contributed by atoms with Crippen LogP contribution in [0.5, 0.6) is 0 Å². The molecular formula is C11H14BrNOS. The van der Waals surface area contributed by atoms with Gasteiger partial charge in [-0.15, -0.1) is 11.3 Å². The molecule has 4 heteroatoms. The van der Waals surface area contributed by atoms with E-state index >= 15 is 0 Å². The first-order valence-electron chi connectivity index (χ1n) is 5.06. The maximum Gasteiger partial charge on any atom is 0.114 e. The number of likely N-dealkylation sites (N-methyl/N-ethyl adjacent to an activating group) is 1. The predicted octanol–water partition coefficient (Wildman–Crippen LogP) is 3.47. The van der Waals surface area contributed by atoms with Crippen LogP contribution in [0.15, 0.2) is 27.8 Å². The van der Waals surface area contributed by atoms with Gasteiger partial charge in [-0.25, -0.2) is 0 Å². The van der Waals surface area contributed by atoms with Crippen LogP contribution in [0, 0.1) is 0 Å². The van der Waals surface area contributed by atoms with Crippen molar-refractivity contribution in [1.82, 2.24) is 5.32 Å². The Hall–Kier alpha value is -0.320. The lowest BCUT2D eigenvalue weighted by Crippen LogP contribution is -2.21. The number of nitrogens with one attached hydrogen (secondary N) is 1. The summed E-state index contributed by atoms with van der Waals surface area (Å²) >= 11 is 5.23. The molecule has 82 valence electrons. The lowest BCUT2D eigenvalue weighted by Gasteiger charge is -2.22. The van der Waals surface area contributed by atoms with Crippen LogP contribution in [0.1, 0.15) is 23.8 Å². The van der Waals surface area contributed by atoms with E-state index < -0.39 is 0 Å². The van der Waals surface area contributed by atoms with E-state index in [2.05, 4.69) is 39.5 Å². The Balaban J connectivity index is 2.19. The minimum absolute atomic E-state index is 0.210. The van der Waals surface area contributed by atoms with E-state index in [9.17, 15) is 0 Å². The van der Waals surface area contributed by atoms with Crippen molar-refractivity contribution in [3.8, 4) is 0 Å². The largest absolute Gasteiger partial charge is 0.496 e. The highest BCUT2D eigenvalue weighted by atomic mass is 79.9. The van der Waals surface area contributed by atoms with Gasteiger partial charge in [-0.1, -0.05) is 0 Å². The van der Waals surface area contributed by atoms with Crippen LogP contribution in [-0.4, -0.2) is 13.7 Å². The molecule has 1 unspecified atom stereocenters. The van der Waals surface area contributed by atoms with Crippen molar-refractivity contribution in [2.24, 2.45) is 0 Å². The number of hydrogen-bond acceptors (Lipinski definition) is 3. The standard InChI is InChI=1S/C11H14BrNOS/c1-13-11(8-4-2-3-7-14-8)9-5-6-10(12)15-9/h4-6,11,13H,2-3,7H2,1H3. The number of rotatable bonds is 3. The number of thiophene rings is 1. The molecule has 1 atom stereocenters. The van der Waals surface area contributed by atoms with Crippen molar-refractivity contribution in [2.45, 2.75) is 18.9 Å². The molecule has 15 heavy (non-hydrogen) atoms. The summed E-state index contributed by atoms with van der Waals surface area (Å²) < 4.78 is 6.85. The number of hydrogen-bond donors (Lipinski definition) is 1. The molecule has 2 heterocycles. The van der Waals surface area contributed by atoms with Crippen molar-refractivity contribution in [2.75, 3.05) is 13.7 Å². The monoisotopic (exact) mass is 287 g/mol. The SMILES string of the molecule is CNC(C1=CCCCO1)c1ccc(Br)s1. The zero-order valence-electron chi connectivity index (χ0n) is 8.63. The van der Waals surface area contributed by atoms with Crippen LogP contribution >= 0.6 is 27.3 Å². The quantitative estimate of drug-likeness (QED) is 0.919. The van der Waals surface area contributed by atoms with Crippen LogP contribution in [0.25, 0.3) is 0 Å². The minimum Gasteiger partial charge on any atom is -0.496 e. The van der Waals surface area contributed by atoms with E-state index in [0.717, 1.165) is 29.0 Å². The molecule has 0 spiro atoms. The molecule has 0 bridgehead atoms. The fourth-order valence-corrected chi connectivity index (χ4v) is 3.23. The van der Waals surface area contributed by atoms with Crippen molar-refractivity contribution >= 4 is 27.3 Å². The first-order valence-corrected chi connectivity index (χ1v) is 6.67.